The summed E-state index contributed by atoms with van der Waals surface area (Å²) in [5, 5.41) is 5.57. The second-order valence-electron chi connectivity index (χ2n) is 4.09. The number of hydrogen-bond acceptors (Lipinski definition) is 5. The molecule has 1 aromatic carbocycles. The van der Waals surface area contributed by atoms with Gasteiger partial charge in [-0.1, -0.05) is 6.07 Å². The number of anilines is 2. The van der Waals surface area contributed by atoms with Crippen LogP contribution in [0.1, 0.15) is 0 Å². The van der Waals surface area contributed by atoms with Crippen molar-refractivity contribution in [2.24, 2.45) is 0 Å². The van der Waals surface area contributed by atoms with Gasteiger partial charge in [0.2, 0.25) is 5.91 Å². The van der Waals surface area contributed by atoms with E-state index in [1.54, 1.807) is 12.1 Å². The zero-order valence-electron chi connectivity index (χ0n) is 10.1. The van der Waals surface area contributed by atoms with Crippen LogP contribution in [0.2, 0.25) is 0 Å². The summed E-state index contributed by atoms with van der Waals surface area (Å²) in [7, 11) is -1.89. The number of amides is 1. The maximum Gasteiger partial charge on any atom is 0.249 e. The number of carbonyl (C=O) groups is 1. The summed E-state index contributed by atoms with van der Waals surface area (Å²) < 4.78 is 28.2. The average molecular weight is 270 g/mol. The lowest BCUT2D eigenvalue weighted by molar-refractivity contribution is -0.118. The first-order valence-electron chi connectivity index (χ1n) is 5.33. The summed E-state index contributed by atoms with van der Waals surface area (Å²) in [6.45, 7) is 0.217. The Hall–Kier alpha value is -1.60. The van der Waals surface area contributed by atoms with E-state index >= 15 is 0 Å². The maximum atomic E-state index is 11.8. The fraction of sp³-hybridized carbons (Fsp3) is 0.364. The molecule has 0 saturated heterocycles. The van der Waals surface area contributed by atoms with Crippen molar-refractivity contribution in [1.82, 2.24) is 0 Å². The summed E-state index contributed by atoms with van der Waals surface area (Å²) >= 11 is 0. The van der Waals surface area contributed by atoms with Crippen molar-refractivity contribution < 1.29 is 17.9 Å². The Balaban J connectivity index is 2.46. The van der Waals surface area contributed by atoms with Gasteiger partial charge in [-0.3, -0.25) is 4.79 Å². The number of benzene rings is 1. The lowest BCUT2D eigenvalue weighted by atomic mass is 10.1. The standard InChI is InChI=1S/C11H14N2O4S/c1-17-6-8-11(14)13-10-7(12-8)4-3-5-9(10)18(2,15)16/h3-5,8,12H,6H2,1-2H3,(H,13,14). The molecule has 0 spiro atoms. The van der Waals surface area contributed by atoms with Crippen LogP contribution in [0.25, 0.3) is 0 Å². The minimum absolute atomic E-state index is 0.108. The summed E-state index contributed by atoms with van der Waals surface area (Å²) in [6, 6.07) is 4.29. The van der Waals surface area contributed by atoms with Crippen LogP contribution in [0.15, 0.2) is 23.1 Å². The summed E-state index contributed by atoms with van der Waals surface area (Å²) in [6.07, 6.45) is 1.11. The molecule has 6 nitrogen and oxygen atoms in total. The van der Waals surface area contributed by atoms with Crippen molar-refractivity contribution in [1.29, 1.82) is 0 Å². The van der Waals surface area contributed by atoms with Crippen molar-refractivity contribution in [2.75, 3.05) is 30.6 Å². The van der Waals surface area contributed by atoms with Gasteiger partial charge in [0.25, 0.3) is 0 Å². The summed E-state index contributed by atoms with van der Waals surface area (Å²) in [5.41, 5.74) is 0.886. The Morgan fingerprint density at radius 1 is 1.39 bits per heavy atom. The highest BCUT2D eigenvalue weighted by atomic mass is 32.2. The SMILES string of the molecule is COCC1Nc2cccc(S(C)(=O)=O)c2NC1=O. The van der Waals surface area contributed by atoms with Crippen LogP contribution < -0.4 is 10.6 Å². The van der Waals surface area contributed by atoms with E-state index in [-0.39, 0.29) is 17.4 Å². The number of rotatable bonds is 3. The molecule has 1 atom stereocenters. The third-order valence-corrected chi connectivity index (χ3v) is 3.79. The van der Waals surface area contributed by atoms with Gasteiger partial charge in [-0.05, 0) is 12.1 Å². The van der Waals surface area contributed by atoms with E-state index in [1.165, 1.54) is 13.2 Å². The molecule has 0 radical (unpaired) electrons. The molecule has 0 saturated carbocycles. The largest absolute Gasteiger partial charge is 0.382 e. The monoisotopic (exact) mass is 270 g/mol. The molecule has 0 aliphatic carbocycles. The van der Waals surface area contributed by atoms with Crippen molar-refractivity contribution in [3.8, 4) is 0 Å². The Morgan fingerprint density at radius 2 is 2.11 bits per heavy atom. The normalized spacial score (nSPS) is 18.8. The Kier molecular flexibility index (Phi) is 3.27. The van der Waals surface area contributed by atoms with E-state index < -0.39 is 15.9 Å². The molecular formula is C11H14N2O4S. The Morgan fingerprint density at radius 3 is 2.72 bits per heavy atom. The predicted molar refractivity (Wildman–Crippen MR) is 67.5 cm³/mol. The fourth-order valence-corrected chi connectivity index (χ4v) is 2.69. The number of ether oxygens (including phenoxy) is 1. The minimum atomic E-state index is -3.38. The second kappa shape index (κ2) is 4.58. The van der Waals surface area contributed by atoms with Gasteiger partial charge >= 0.3 is 0 Å². The lowest BCUT2D eigenvalue weighted by Gasteiger charge is -2.27. The van der Waals surface area contributed by atoms with E-state index in [4.69, 9.17) is 4.74 Å². The number of fused-ring (bicyclic) bond motifs is 1. The van der Waals surface area contributed by atoms with Gasteiger partial charge in [-0.2, -0.15) is 0 Å². The van der Waals surface area contributed by atoms with Crippen LogP contribution in [-0.4, -0.2) is 40.3 Å². The highest BCUT2D eigenvalue weighted by molar-refractivity contribution is 7.90. The summed E-state index contributed by atoms with van der Waals surface area (Å²) in [4.78, 5) is 11.9. The second-order valence-corrected chi connectivity index (χ2v) is 6.08. The zero-order valence-corrected chi connectivity index (χ0v) is 10.9. The third kappa shape index (κ3) is 2.32. The number of hydrogen-bond donors (Lipinski definition) is 2. The maximum absolute atomic E-state index is 11.8. The van der Waals surface area contributed by atoms with E-state index in [2.05, 4.69) is 10.6 Å². The van der Waals surface area contributed by atoms with Gasteiger partial charge in [-0.25, -0.2) is 8.42 Å². The number of para-hydroxylation sites is 1. The van der Waals surface area contributed by atoms with Crippen LogP contribution in [0.5, 0.6) is 0 Å². The number of methoxy groups -OCH3 is 1. The predicted octanol–water partition coefficient (Wildman–Crippen LogP) is 0.469. The quantitative estimate of drug-likeness (QED) is 0.834. The number of carbonyl (C=O) groups excluding carboxylic acids is 1. The zero-order chi connectivity index (χ0) is 13.3. The molecule has 0 bridgehead atoms. The van der Waals surface area contributed by atoms with Crippen LogP contribution in [-0.2, 0) is 19.4 Å². The smallest absolute Gasteiger partial charge is 0.249 e. The molecule has 7 heteroatoms. The van der Waals surface area contributed by atoms with E-state index in [9.17, 15) is 13.2 Å². The highest BCUT2D eigenvalue weighted by Gasteiger charge is 2.28. The van der Waals surface area contributed by atoms with Gasteiger partial charge in [0, 0.05) is 13.4 Å². The molecule has 1 aliphatic rings. The fourth-order valence-electron chi connectivity index (χ4n) is 1.84. The lowest BCUT2D eigenvalue weighted by Crippen LogP contribution is -2.42. The van der Waals surface area contributed by atoms with E-state index in [1.807, 2.05) is 0 Å². The van der Waals surface area contributed by atoms with Crippen molar-refractivity contribution in [3.05, 3.63) is 18.2 Å². The highest BCUT2D eigenvalue weighted by Crippen LogP contribution is 2.33. The first kappa shape index (κ1) is 12.8. The van der Waals surface area contributed by atoms with Crippen LogP contribution in [0, 0.1) is 0 Å². The van der Waals surface area contributed by atoms with Gasteiger partial charge in [0.05, 0.1) is 22.9 Å². The molecule has 1 aliphatic heterocycles. The van der Waals surface area contributed by atoms with Crippen molar-refractivity contribution >= 4 is 27.1 Å². The first-order valence-corrected chi connectivity index (χ1v) is 7.22. The van der Waals surface area contributed by atoms with Gasteiger partial charge in [0.15, 0.2) is 9.84 Å². The number of sulfone groups is 1. The molecule has 1 heterocycles. The molecule has 0 fully saturated rings. The van der Waals surface area contributed by atoms with Crippen LogP contribution >= 0.6 is 0 Å². The molecule has 2 rings (SSSR count). The Labute approximate surface area is 105 Å². The number of nitrogens with one attached hydrogen (secondary N) is 2. The van der Waals surface area contributed by atoms with Crippen molar-refractivity contribution in [3.63, 3.8) is 0 Å². The van der Waals surface area contributed by atoms with Gasteiger partial charge < -0.3 is 15.4 Å². The topological polar surface area (TPSA) is 84.5 Å². The van der Waals surface area contributed by atoms with Gasteiger partial charge in [0.1, 0.15) is 6.04 Å². The average Bonchev–Trinajstić information content (AvgIpc) is 2.28. The molecule has 2 N–H and O–H groups in total. The summed E-state index contributed by atoms with van der Waals surface area (Å²) in [5.74, 6) is -0.305. The molecule has 18 heavy (non-hydrogen) atoms. The van der Waals surface area contributed by atoms with Gasteiger partial charge in [-0.15, -0.1) is 0 Å². The molecular weight excluding hydrogens is 256 g/mol. The molecule has 0 aromatic heterocycles. The van der Waals surface area contributed by atoms with Crippen LogP contribution in [0.4, 0.5) is 11.4 Å². The van der Waals surface area contributed by atoms with Crippen molar-refractivity contribution in [2.45, 2.75) is 10.9 Å². The van der Waals surface area contributed by atoms with E-state index in [0.29, 0.717) is 11.4 Å². The molecule has 1 unspecified atom stereocenters. The van der Waals surface area contributed by atoms with E-state index in [0.717, 1.165) is 6.26 Å². The Bertz CT molecular complexity index is 583. The molecule has 1 aromatic rings. The van der Waals surface area contributed by atoms with Crippen LogP contribution in [0.3, 0.4) is 0 Å². The first-order chi connectivity index (χ1) is 8.43. The minimum Gasteiger partial charge on any atom is -0.382 e. The third-order valence-electron chi connectivity index (χ3n) is 2.65. The molecule has 98 valence electrons. The molecule has 1 amide bonds.